The quantitative estimate of drug-likeness (QED) is 0.196. The molecule has 0 spiro atoms. The Bertz CT molecular complexity index is 1490. The van der Waals surface area contributed by atoms with Crippen LogP contribution in [0.5, 0.6) is 0 Å². The second kappa shape index (κ2) is 18.1. The van der Waals surface area contributed by atoms with Crippen molar-refractivity contribution in [1.82, 2.24) is 20.1 Å². The highest BCUT2D eigenvalue weighted by molar-refractivity contribution is 7.98. The number of nitrogens with zero attached hydrogens (tertiary/aromatic N) is 3. The standard InChI is InChI=1S/C30H37N5O4S.C2HF3O2/c1-40-17-14-26(30(38)39)33-28(36)21-34(19-23-10-6-9-22-8-2-3-12-25(22)23)20-24-11-7-16-35(24)29(37)18-32-27-13-4-5-15-31-27;3-2(4,5)1(6)7/h2-6,8-10,12-13,15,24,26H,7,11,14,16-21H2,1H3,(H,31,32)(H,33,36)(H,38,39);(H,6,7)/t24-,26-;/m0./s1. The van der Waals surface area contributed by atoms with Gasteiger partial charge < -0.3 is 25.7 Å². The number of carbonyl (C=O) groups excluding carboxylic acids is 2. The molecule has 1 fully saturated rings. The first kappa shape index (κ1) is 37.1. The first-order valence-corrected chi connectivity index (χ1v) is 16.2. The first-order chi connectivity index (χ1) is 22.4. The highest BCUT2D eigenvalue weighted by Gasteiger charge is 2.38. The largest absolute Gasteiger partial charge is 0.490 e. The van der Waals surface area contributed by atoms with E-state index < -0.39 is 24.2 Å². The number of halogens is 3. The number of hydrogen-bond acceptors (Lipinski definition) is 8. The van der Waals surface area contributed by atoms with E-state index in [4.69, 9.17) is 9.90 Å². The topological polar surface area (TPSA) is 152 Å². The zero-order valence-electron chi connectivity index (χ0n) is 25.8. The van der Waals surface area contributed by atoms with Crippen LogP contribution in [0.4, 0.5) is 19.0 Å². The summed E-state index contributed by atoms with van der Waals surface area (Å²) in [5, 5.41) is 24.8. The second-order valence-electron chi connectivity index (χ2n) is 10.8. The lowest BCUT2D eigenvalue weighted by molar-refractivity contribution is -0.192. The van der Waals surface area contributed by atoms with Gasteiger partial charge in [0.2, 0.25) is 11.8 Å². The van der Waals surface area contributed by atoms with Crippen LogP contribution in [-0.2, 0) is 25.7 Å². The molecule has 0 saturated carbocycles. The zero-order chi connectivity index (χ0) is 34.4. The number of benzene rings is 2. The predicted molar refractivity (Wildman–Crippen MR) is 173 cm³/mol. The number of carboxylic acid groups (broad SMARTS) is 2. The van der Waals surface area contributed by atoms with Gasteiger partial charge in [0.1, 0.15) is 11.9 Å². The van der Waals surface area contributed by atoms with Gasteiger partial charge in [-0.2, -0.15) is 24.9 Å². The Morgan fingerprint density at radius 3 is 2.43 bits per heavy atom. The summed E-state index contributed by atoms with van der Waals surface area (Å²) in [7, 11) is 0. The highest BCUT2D eigenvalue weighted by atomic mass is 32.2. The minimum atomic E-state index is -5.08. The molecule has 254 valence electrons. The zero-order valence-corrected chi connectivity index (χ0v) is 26.6. The van der Waals surface area contributed by atoms with Crippen LogP contribution in [-0.4, -0.2) is 105 Å². The van der Waals surface area contributed by atoms with Crippen molar-refractivity contribution in [3.8, 4) is 0 Å². The lowest BCUT2D eigenvalue weighted by Crippen LogP contribution is -2.49. The Morgan fingerprint density at radius 1 is 1.06 bits per heavy atom. The molecule has 2 amide bonds. The SMILES string of the molecule is CSCC[C@H](NC(=O)CN(Cc1cccc2ccccc12)C[C@@H]1CCCN1C(=O)CNc1ccccn1)C(=O)O.O=C(O)C(F)(F)F. The fraction of sp³-hybridized carbons (Fsp3) is 0.406. The lowest BCUT2D eigenvalue weighted by atomic mass is 10.0. The van der Waals surface area contributed by atoms with E-state index in [1.807, 2.05) is 52.5 Å². The van der Waals surface area contributed by atoms with E-state index in [-0.39, 0.29) is 30.9 Å². The van der Waals surface area contributed by atoms with E-state index in [0.29, 0.717) is 37.6 Å². The summed E-state index contributed by atoms with van der Waals surface area (Å²) < 4.78 is 31.7. The van der Waals surface area contributed by atoms with E-state index in [1.54, 1.807) is 18.0 Å². The van der Waals surface area contributed by atoms with E-state index in [9.17, 15) is 32.7 Å². The Labute approximate surface area is 274 Å². The van der Waals surface area contributed by atoms with Crippen molar-refractivity contribution in [2.45, 2.75) is 44.1 Å². The van der Waals surface area contributed by atoms with Gasteiger partial charge in [0.05, 0.1) is 13.1 Å². The number of aliphatic carboxylic acids is 2. The number of alkyl halides is 3. The molecule has 2 heterocycles. The van der Waals surface area contributed by atoms with Gasteiger partial charge >= 0.3 is 18.1 Å². The number of pyridine rings is 1. The molecule has 1 aliphatic heterocycles. The molecule has 1 aromatic heterocycles. The number of hydrogen-bond donors (Lipinski definition) is 4. The van der Waals surface area contributed by atoms with Gasteiger partial charge in [0.25, 0.3) is 0 Å². The number of thioether (sulfide) groups is 1. The molecule has 0 bridgehead atoms. The number of nitrogens with one attached hydrogen (secondary N) is 2. The van der Waals surface area contributed by atoms with Crippen molar-refractivity contribution in [2.75, 3.05) is 43.5 Å². The Balaban J connectivity index is 0.000000771. The number of amides is 2. The summed E-state index contributed by atoms with van der Waals surface area (Å²) in [6, 6.07) is 18.8. The van der Waals surface area contributed by atoms with Gasteiger partial charge in [-0.3, -0.25) is 14.5 Å². The van der Waals surface area contributed by atoms with E-state index in [1.165, 1.54) is 0 Å². The van der Waals surface area contributed by atoms with Crippen molar-refractivity contribution in [3.05, 3.63) is 72.4 Å². The van der Waals surface area contributed by atoms with Crippen molar-refractivity contribution in [1.29, 1.82) is 0 Å². The molecule has 1 aliphatic rings. The van der Waals surface area contributed by atoms with Crippen LogP contribution >= 0.6 is 11.8 Å². The fourth-order valence-corrected chi connectivity index (χ4v) is 5.65. The van der Waals surface area contributed by atoms with Crippen LogP contribution in [0, 0.1) is 0 Å². The summed E-state index contributed by atoms with van der Waals surface area (Å²) in [5.41, 5.74) is 1.08. The molecule has 1 saturated heterocycles. The minimum absolute atomic E-state index is 0.00859. The monoisotopic (exact) mass is 677 g/mol. The molecule has 4 N–H and O–H groups in total. The van der Waals surface area contributed by atoms with Crippen LogP contribution in [0.25, 0.3) is 10.8 Å². The van der Waals surface area contributed by atoms with Crippen molar-refractivity contribution < 1.29 is 42.6 Å². The molecule has 2 aromatic carbocycles. The number of aromatic nitrogens is 1. The van der Waals surface area contributed by atoms with Crippen molar-refractivity contribution >= 4 is 52.1 Å². The molecule has 3 aromatic rings. The molecule has 0 aliphatic carbocycles. The molecule has 0 radical (unpaired) electrons. The van der Waals surface area contributed by atoms with E-state index in [0.717, 1.165) is 29.2 Å². The van der Waals surface area contributed by atoms with Gasteiger partial charge in [0.15, 0.2) is 0 Å². The molecule has 4 rings (SSSR count). The van der Waals surface area contributed by atoms with Crippen molar-refractivity contribution in [3.63, 3.8) is 0 Å². The maximum absolute atomic E-state index is 13.2. The smallest absolute Gasteiger partial charge is 0.480 e. The first-order valence-electron chi connectivity index (χ1n) is 14.8. The van der Waals surface area contributed by atoms with E-state index in [2.05, 4.69) is 39.9 Å². The summed E-state index contributed by atoms with van der Waals surface area (Å²) >= 11 is 1.55. The number of carboxylic acids is 2. The molecule has 15 heteroatoms. The van der Waals surface area contributed by atoms with E-state index >= 15 is 0 Å². The third-order valence-corrected chi connectivity index (χ3v) is 8.02. The lowest BCUT2D eigenvalue weighted by Gasteiger charge is -2.31. The molecular weight excluding hydrogens is 639 g/mol. The summed E-state index contributed by atoms with van der Waals surface area (Å²) in [6.45, 7) is 1.86. The molecule has 0 unspecified atom stereocenters. The molecular formula is C32H38F3N5O6S. The van der Waals surface area contributed by atoms with Crippen LogP contribution in [0.3, 0.4) is 0 Å². The van der Waals surface area contributed by atoms with Crippen LogP contribution in [0.2, 0.25) is 0 Å². The minimum Gasteiger partial charge on any atom is -0.480 e. The van der Waals surface area contributed by atoms with Crippen molar-refractivity contribution in [2.24, 2.45) is 0 Å². The van der Waals surface area contributed by atoms with Gasteiger partial charge in [-0.1, -0.05) is 48.5 Å². The number of rotatable bonds is 14. The van der Waals surface area contributed by atoms with Gasteiger partial charge in [0, 0.05) is 31.9 Å². The van der Waals surface area contributed by atoms with Crippen LogP contribution in [0.1, 0.15) is 24.8 Å². The van der Waals surface area contributed by atoms with Gasteiger partial charge in [-0.15, -0.1) is 0 Å². The third kappa shape index (κ3) is 12.1. The number of carbonyl (C=O) groups is 4. The summed E-state index contributed by atoms with van der Waals surface area (Å²) in [6.07, 6.45) is 0.600. The average molecular weight is 678 g/mol. The Hall–Kier alpha value is -4.37. The summed E-state index contributed by atoms with van der Waals surface area (Å²) in [5.74, 6) is -2.84. The number of anilines is 1. The summed E-state index contributed by atoms with van der Waals surface area (Å²) in [4.78, 5) is 55.1. The third-order valence-electron chi connectivity index (χ3n) is 7.38. The molecule has 2 atom stereocenters. The number of fused-ring (bicyclic) bond motifs is 1. The molecule has 47 heavy (non-hydrogen) atoms. The fourth-order valence-electron chi connectivity index (χ4n) is 5.18. The number of likely N-dealkylation sites (tertiary alicyclic amines) is 1. The average Bonchev–Trinajstić information content (AvgIpc) is 3.50. The van der Waals surface area contributed by atoms with Gasteiger partial charge in [-0.25, -0.2) is 14.6 Å². The Morgan fingerprint density at radius 2 is 1.77 bits per heavy atom. The molecule has 11 nitrogen and oxygen atoms in total. The normalized spacial score (nSPS) is 15.1. The Kier molecular flexibility index (Phi) is 14.3. The van der Waals surface area contributed by atoms with Crippen LogP contribution in [0.15, 0.2) is 66.9 Å². The predicted octanol–water partition coefficient (Wildman–Crippen LogP) is 4.10. The van der Waals surface area contributed by atoms with Gasteiger partial charge in [-0.05, 0) is 59.7 Å². The highest BCUT2D eigenvalue weighted by Crippen LogP contribution is 2.23. The maximum Gasteiger partial charge on any atom is 0.490 e. The maximum atomic E-state index is 13.2. The second-order valence-corrected chi connectivity index (χ2v) is 11.8. The van der Waals surface area contributed by atoms with Crippen LogP contribution < -0.4 is 10.6 Å².